The molecule has 0 aromatic rings. The summed E-state index contributed by atoms with van der Waals surface area (Å²) in [5.74, 6) is -0.150. The van der Waals surface area contributed by atoms with Crippen molar-refractivity contribution >= 4 is 5.91 Å². The minimum atomic E-state index is -1.54. The SMILES string of the molecule is CCCCCCCCCCCCCCCCCCCCCCCC(=O)N[C@@H](CO[C@H]1O[C@H](CO)[C@H](O)[C@H](O)[C@H]1O)[C@H](O)CCCCCC. The number of nitrogens with one attached hydrogen (secondary N) is 1. The number of rotatable bonds is 33. The molecule has 286 valence electrons. The fraction of sp³-hybridized carbons (Fsp3) is 0.974. The van der Waals surface area contributed by atoms with Crippen molar-refractivity contribution in [3.8, 4) is 0 Å². The average molecular weight is 688 g/mol. The highest BCUT2D eigenvalue weighted by atomic mass is 16.7. The van der Waals surface area contributed by atoms with Crippen LogP contribution in [0.15, 0.2) is 0 Å². The lowest BCUT2D eigenvalue weighted by molar-refractivity contribution is -0.302. The maximum atomic E-state index is 12.8. The lowest BCUT2D eigenvalue weighted by Crippen LogP contribution is -2.60. The molecule has 1 fully saturated rings. The first-order chi connectivity index (χ1) is 23.3. The van der Waals surface area contributed by atoms with Crippen LogP contribution in [-0.2, 0) is 14.3 Å². The van der Waals surface area contributed by atoms with E-state index in [1.54, 1.807) is 0 Å². The number of unbranched alkanes of at least 4 members (excludes halogenated alkanes) is 23. The fourth-order valence-electron chi connectivity index (χ4n) is 6.63. The van der Waals surface area contributed by atoms with Gasteiger partial charge in [0.05, 0.1) is 25.4 Å². The molecule has 1 aliphatic rings. The summed E-state index contributed by atoms with van der Waals surface area (Å²) in [5, 5.41) is 53.6. The predicted molar refractivity (Wildman–Crippen MR) is 194 cm³/mol. The maximum Gasteiger partial charge on any atom is 0.220 e. The number of hydrogen-bond donors (Lipinski definition) is 6. The second-order valence-electron chi connectivity index (χ2n) is 14.4. The summed E-state index contributed by atoms with van der Waals surface area (Å²) >= 11 is 0. The van der Waals surface area contributed by atoms with Crippen LogP contribution in [-0.4, -0.2) is 87.5 Å². The smallest absolute Gasteiger partial charge is 0.220 e. The van der Waals surface area contributed by atoms with Crippen molar-refractivity contribution in [2.24, 2.45) is 0 Å². The van der Waals surface area contributed by atoms with Gasteiger partial charge in [-0.1, -0.05) is 168 Å². The average Bonchev–Trinajstić information content (AvgIpc) is 3.08. The first-order valence-corrected chi connectivity index (χ1v) is 20.2. The van der Waals surface area contributed by atoms with Crippen molar-refractivity contribution in [1.29, 1.82) is 0 Å². The number of aliphatic hydroxyl groups excluding tert-OH is 5. The summed E-state index contributed by atoms with van der Waals surface area (Å²) in [4.78, 5) is 12.8. The Kier molecular flexibility index (Phi) is 29.2. The third-order valence-electron chi connectivity index (χ3n) is 9.96. The van der Waals surface area contributed by atoms with Gasteiger partial charge >= 0.3 is 0 Å². The Hall–Kier alpha value is -0.810. The van der Waals surface area contributed by atoms with Crippen molar-refractivity contribution < 1.29 is 39.8 Å². The summed E-state index contributed by atoms with van der Waals surface area (Å²) < 4.78 is 11.1. The highest BCUT2D eigenvalue weighted by molar-refractivity contribution is 5.76. The Morgan fingerprint density at radius 1 is 0.625 bits per heavy atom. The van der Waals surface area contributed by atoms with Gasteiger partial charge in [0.15, 0.2) is 6.29 Å². The van der Waals surface area contributed by atoms with E-state index in [9.17, 15) is 30.3 Å². The van der Waals surface area contributed by atoms with Crippen LogP contribution < -0.4 is 5.32 Å². The summed E-state index contributed by atoms with van der Waals surface area (Å²) in [5.41, 5.74) is 0. The Morgan fingerprint density at radius 2 is 1.04 bits per heavy atom. The normalized spacial score (nSPS) is 22.5. The number of carbonyl (C=O) groups excluding carboxylic acids is 1. The molecule has 0 radical (unpaired) electrons. The molecule has 0 saturated carbocycles. The van der Waals surface area contributed by atoms with Crippen LogP contribution in [0.3, 0.4) is 0 Å². The van der Waals surface area contributed by atoms with Gasteiger partial charge in [-0.25, -0.2) is 0 Å². The van der Waals surface area contributed by atoms with Crippen LogP contribution in [0.5, 0.6) is 0 Å². The third kappa shape index (κ3) is 22.1. The van der Waals surface area contributed by atoms with Crippen molar-refractivity contribution in [2.45, 2.75) is 230 Å². The van der Waals surface area contributed by atoms with E-state index in [1.807, 2.05) is 0 Å². The van der Waals surface area contributed by atoms with Crippen LogP contribution in [0.25, 0.3) is 0 Å². The van der Waals surface area contributed by atoms with Gasteiger partial charge in [-0.3, -0.25) is 4.79 Å². The first kappa shape index (κ1) is 45.2. The molecule has 7 atom stereocenters. The Bertz CT molecular complexity index is 726. The fourth-order valence-corrected chi connectivity index (χ4v) is 6.63. The molecule has 0 aromatic carbocycles. The second kappa shape index (κ2) is 31.0. The van der Waals surface area contributed by atoms with Crippen molar-refractivity contribution in [1.82, 2.24) is 5.32 Å². The molecule has 9 nitrogen and oxygen atoms in total. The topological polar surface area (TPSA) is 149 Å². The van der Waals surface area contributed by atoms with E-state index < -0.39 is 49.5 Å². The molecule has 1 rings (SSSR count). The van der Waals surface area contributed by atoms with E-state index in [0.717, 1.165) is 44.9 Å². The molecular weight excluding hydrogens is 610 g/mol. The Balaban J connectivity index is 2.15. The largest absolute Gasteiger partial charge is 0.394 e. The summed E-state index contributed by atoms with van der Waals surface area (Å²) in [6.45, 7) is 3.71. The molecule has 0 spiro atoms. The zero-order chi connectivity index (χ0) is 35.2. The molecular formula is C39H77NO8. The van der Waals surface area contributed by atoms with Gasteiger partial charge in [-0.15, -0.1) is 0 Å². The van der Waals surface area contributed by atoms with Crippen molar-refractivity contribution in [2.75, 3.05) is 13.2 Å². The molecule has 0 bridgehead atoms. The monoisotopic (exact) mass is 688 g/mol. The van der Waals surface area contributed by atoms with Gasteiger partial charge in [0.2, 0.25) is 5.91 Å². The van der Waals surface area contributed by atoms with Crippen LogP contribution in [0.1, 0.15) is 187 Å². The van der Waals surface area contributed by atoms with Crippen LogP contribution in [0.2, 0.25) is 0 Å². The Morgan fingerprint density at radius 3 is 1.48 bits per heavy atom. The van der Waals surface area contributed by atoms with Gasteiger partial charge < -0.3 is 40.3 Å². The van der Waals surface area contributed by atoms with Gasteiger partial charge in [0.1, 0.15) is 24.4 Å². The molecule has 1 aliphatic heterocycles. The van der Waals surface area contributed by atoms with Crippen molar-refractivity contribution in [3.05, 3.63) is 0 Å². The quantitative estimate of drug-likeness (QED) is 0.0396. The van der Waals surface area contributed by atoms with E-state index in [1.165, 1.54) is 116 Å². The molecule has 1 amide bonds. The number of aliphatic hydroxyl groups is 5. The molecule has 48 heavy (non-hydrogen) atoms. The van der Waals surface area contributed by atoms with E-state index >= 15 is 0 Å². The predicted octanol–water partition coefficient (Wildman–Crippen LogP) is 7.22. The first-order valence-electron chi connectivity index (χ1n) is 20.2. The minimum absolute atomic E-state index is 0.136. The number of amides is 1. The summed E-state index contributed by atoms with van der Waals surface area (Å²) in [6, 6.07) is -0.707. The van der Waals surface area contributed by atoms with Gasteiger partial charge in [0, 0.05) is 6.42 Å². The molecule has 6 N–H and O–H groups in total. The van der Waals surface area contributed by atoms with Gasteiger partial charge in [-0.2, -0.15) is 0 Å². The van der Waals surface area contributed by atoms with Crippen molar-refractivity contribution in [3.63, 3.8) is 0 Å². The van der Waals surface area contributed by atoms with E-state index in [-0.39, 0.29) is 12.5 Å². The van der Waals surface area contributed by atoms with Gasteiger partial charge in [-0.05, 0) is 12.8 Å². The third-order valence-corrected chi connectivity index (χ3v) is 9.96. The molecule has 0 aliphatic carbocycles. The molecule has 9 heteroatoms. The van der Waals surface area contributed by atoms with E-state index in [0.29, 0.717) is 12.8 Å². The molecule has 1 saturated heterocycles. The zero-order valence-corrected chi connectivity index (χ0v) is 31.0. The van der Waals surface area contributed by atoms with Crippen LogP contribution >= 0.6 is 0 Å². The number of ether oxygens (including phenoxy) is 2. The van der Waals surface area contributed by atoms with Crippen LogP contribution in [0.4, 0.5) is 0 Å². The summed E-state index contributed by atoms with van der Waals surface area (Å²) in [6.07, 6.45) is 24.7. The minimum Gasteiger partial charge on any atom is -0.394 e. The zero-order valence-electron chi connectivity index (χ0n) is 31.0. The van der Waals surface area contributed by atoms with E-state index in [2.05, 4.69) is 19.2 Å². The van der Waals surface area contributed by atoms with Gasteiger partial charge in [0.25, 0.3) is 0 Å². The highest BCUT2D eigenvalue weighted by Gasteiger charge is 2.44. The van der Waals surface area contributed by atoms with Crippen LogP contribution in [0, 0.1) is 0 Å². The lowest BCUT2D eigenvalue weighted by Gasteiger charge is -2.40. The van der Waals surface area contributed by atoms with E-state index in [4.69, 9.17) is 9.47 Å². The molecule has 1 heterocycles. The Labute approximate surface area is 294 Å². The lowest BCUT2D eigenvalue weighted by atomic mass is 9.99. The second-order valence-corrected chi connectivity index (χ2v) is 14.4. The maximum absolute atomic E-state index is 12.8. The molecule has 0 unspecified atom stereocenters. The number of hydrogen-bond acceptors (Lipinski definition) is 8. The highest BCUT2D eigenvalue weighted by Crippen LogP contribution is 2.23. The summed E-state index contributed by atoms with van der Waals surface area (Å²) in [7, 11) is 0. The number of carbonyl (C=O) groups is 1. The molecule has 0 aromatic heterocycles. The standard InChI is InChI=1S/C39H77NO8/c1-3-5-7-9-10-11-12-13-14-15-16-17-18-19-20-21-22-23-24-25-27-29-35(43)40-32(33(42)28-26-8-6-4-2)31-47-39-38(46)37(45)36(44)34(30-41)48-39/h32-34,36-39,41-42,44-46H,3-31H2,1-2H3,(H,40,43)/t32-,33+,34+,36-,37-,38+,39-/m0/s1.